The highest BCUT2D eigenvalue weighted by Gasteiger charge is 2.35. The van der Waals surface area contributed by atoms with Crippen molar-refractivity contribution in [3.8, 4) is 0 Å². The predicted octanol–water partition coefficient (Wildman–Crippen LogP) is 0.921. The normalized spacial score (nSPS) is 31.8. The third-order valence-electron chi connectivity index (χ3n) is 1.84. The van der Waals surface area contributed by atoms with Crippen molar-refractivity contribution >= 4 is 5.91 Å². The van der Waals surface area contributed by atoms with Gasteiger partial charge in [0.15, 0.2) is 0 Å². The van der Waals surface area contributed by atoms with Crippen molar-refractivity contribution in [2.45, 2.75) is 32.7 Å². The van der Waals surface area contributed by atoms with E-state index in [0.29, 0.717) is 6.04 Å². The lowest BCUT2D eigenvalue weighted by Gasteiger charge is -1.96. The van der Waals surface area contributed by atoms with Gasteiger partial charge in [-0.1, -0.05) is 13.3 Å². The molecule has 0 aliphatic heterocycles. The van der Waals surface area contributed by atoms with Gasteiger partial charge in [0.1, 0.15) is 0 Å². The van der Waals surface area contributed by atoms with Crippen LogP contribution in [0.3, 0.4) is 0 Å². The van der Waals surface area contributed by atoms with Gasteiger partial charge in [-0.3, -0.25) is 4.79 Å². The maximum absolute atomic E-state index is 10.4. The average Bonchev–Trinajstić information content (AvgIpc) is 2.45. The summed E-state index contributed by atoms with van der Waals surface area (Å²) >= 11 is 0. The first-order valence-electron chi connectivity index (χ1n) is 3.51. The molecule has 2 unspecified atom stereocenters. The summed E-state index contributed by atoms with van der Waals surface area (Å²) in [6.07, 6.45) is 2.39. The van der Waals surface area contributed by atoms with Crippen LogP contribution in [0.25, 0.3) is 0 Å². The summed E-state index contributed by atoms with van der Waals surface area (Å²) in [6, 6.07) is 0.507. The van der Waals surface area contributed by atoms with Crippen LogP contribution in [0.4, 0.5) is 0 Å². The molecule has 0 aromatic carbocycles. The van der Waals surface area contributed by atoms with Gasteiger partial charge in [0.05, 0.1) is 0 Å². The van der Waals surface area contributed by atoms with E-state index in [2.05, 4.69) is 12.2 Å². The van der Waals surface area contributed by atoms with Crippen molar-refractivity contribution in [2.75, 3.05) is 0 Å². The quantitative estimate of drug-likeness (QED) is 0.587. The first-order valence-corrected chi connectivity index (χ1v) is 3.51. The number of carbonyl (C=O) groups excluding carboxylic acids is 1. The maximum Gasteiger partial charge on any atom is 0.217 e. The van der Waals surface area contributed by atoms with Gasteiger partial charge < -0.3 is 5.32 Å². The van der Waals surface area contributed by atoms with E-state index < -0.39 is 0 Å². The lowest BCUT2D eigenvalue weighted by Crippen LogP contribution is -2.23. The fourth-order valence-corrected chi connectivity index (χ4v) is 1.14. The summed E-state index contributed by atoms with van der Waals surface area (Å²) in [4.78, 5) is 10.4. The van der Waals surface area contributed by atoms with Crippen molar-refractivity contribution in [3.63, 3.8) is 0 Å². The largest absolute Gasteiger partial charge is 0.353 e. The molecule has 2 nitrogen and oxygen atoms in total. The number of rotatable bonds is 2. The van der Waals surface area contributed by atoms with Crippen molar-refractivity contribution in [2.24, 2.45) is 5.92 Å². The Morgan fingerprint density at radius 1 is 1.78 bits per heavy atom. The monoisotopic (exact) mass is 127 g/mol. The van der Waals surface area contributed by atoms with Gasteiger partial charge >= 0.3 is 0 Å². The summed E-state index contributed by atoms with van der Waals surface area (Å²) in [5.41, 5.74) is 0. The topological polar surface area (TPSA) is 29.1 Å². The molecule has 0 radical (unpaired) electrons. The second-order valence-electron chi connectivity index (χ2n) is 2.71. The third-order valence-corrected chi connectivity index (χ3v) is 1.84. The molecule has 1 amide bonds. The maximum atomic E-state index is 10.4. The van der Waals surface area contributed by atoms with Crippen molar-refractivity contribution in [3.05, 3.63) is 0 Å². The number of amides is 1. The fourth-order valence-electron chi connectivity index (χ4n) is 1.14. The minimum Gasteiger partial charge on any atom is -0.353 e. The molecule has 0 aromatic rings. The van der Waals surface area contributed by atoms with Crippen molar-refractivity contribution in [1.29, 1.82) is 0 Å². The van der Waals surface area contributed by atoms with Crippen LogP contribution in [0, 0.1) is 5.92 Å². The van der Waals surface area contributed by atoms with Gasteiger partial charge in [-0.25, -0.2) is 0 Å². The van der Waals surface area contributed by atoms with E-state index in [1.54, 1.807) is 6.92 Å². The van der Waals surface area contributed by atoms with Gasteiger partial charge in [0.25, 0.3) is 0 Å². The van der Waals surface area contributed by atoms with Crippen LogP contribution >= 0.6 is 0 Å². The van der Waals surface area contributed by atoms with Gasteiger partial charge in [0, 0.05) is 13.0 Å². The van der Waals surface area contributed by atoms with Crippen LogP contribution in [-0.4, -0.2) is 11.9 Å². The fraction of sp³-hybridized carbons (Fsp3) is 0.857. The van der Waals surface area contributed by atoms with E-state index in [9.17, 15) is 4.79 Å². The molecule has 0 spiro atoms. The first-order chi connectivity index (χ1) is 4.24. The highest BCUT2D eigenvalue weighted by atomic mass is 16.1. The second kappa shape index (κ2) is 2.38. The number of hydrogen-bond acceptors (Lipinski definition) is 1. The Balaban J connectivity index is 2.12. The Hall–Kier alpha value is -0.530. The van der Waals surface area contributed by atoms with E-state index >= 15 is 0 Å². The smallest absolute Gasteiger partial charge is 0.217 e. The molecule has 1 N–H and O–H groups in total. The molecule has 1 saturated carbocycles. The number of hydrogen-bond donors (Lipinski definition) is 1. The molecule has 1 aliphatic rings. The Morgan fingerprint density at radius 2 is 2.44 bits per heavy atom. The lowest BCUT2D eigenvalue weighted by molar-refractivity contribution is -0.119. The van der Waals surface area contributed by atoms with Gasteiger partial charge in [-0.05, 0) is 12.3 Å². The van der Waals surface area contributed by atoms with E-state index in [-0.39, 0.29) is 5.91 Å². The lowest BCUT2D eigenvalue weighted by atomic mass is 10.3. The van der Waals surface area contributed by atoms with Crippen molar-refractivity contribution < 1.29 is 4.79 Å². The Bertz CT molecular complexity index is 122. The van der Waals surface area contributed by atoms with Crippen LogP contribution in [0.15, 0.2) is 0 Å². The zero-order valence-corrected chi connectivity index (χ0v) is 5.98. The standard InChI is InChI=1S/C7H13NO/c1-3-6-4-7(6)8-5(2)9/h6-7H,3-4H2,1-2H3,(H,8,9). The van der Waals surface area contributed by atoms with E-state index in [4.69, 9.17) is 0 Å². The summed E-state index contributed by atoms with van der Waals surface area (Å²) in [7, 11) is 0. The molecule has 2 atom stereocenters. The highest BCUT2D eigenvalue weighted by Crippen LogP contribution is 2.32. The molecule has 0 saturated heterocycles. The zero-order chi connectivity index (χ0) is 6.85. The van der Waals surface area contributed by atoms with E-state index in [1.807, 2.05) is 0 Å². The molecule has 52 valence electrons. The van der Waals surface area contributed by atoms with E-state index in [0.717, 1.165) is 5.92 Å². The second-order valence-corrected chi connectivity index (χ2v) is 2.71. The highest BCUT2D eigenvalue weighted by molar-refractivity contribution is 5.73. The Kier molecular flexibility index (Phi) is 1.74. The molecule has 1 aliphatic carbocycles. The zero-order valence-electron chi connectivity index (χ0n) is 5.98. The van der Waals surface area contributed by atoms with E-state index in [1.165, 1.54) is 12.8 Å². The molecule has 2 heteroatoms. The molecule has 1 fully saturated rings. The summed E-state index contributed by atoms with van der Waals surface area (Å²) in [6.45, 7) is 3.73. The van der Waals surface area contributed by atoms with Crippen LogP contribution in [-0.2, 0) is 4.79 Å². The molecule has 1 rings (SSSR count). The predicted molar refractivity (Wildman–Crippen MR) is 36.0 cm³/mol. The number of nitrogens with one attached hydrogen (secondary N) is 1. The molecule has 0 bridgehead atoms. The first kappa shape index (κ1) is 6.59. The van der Waals surface area contributed by atoms with Crippen LogP contribution in [0.2, 0.25) is 0 Å². The molecule has 0 heterocycles. The van der Waals surface area contributed by atoms with Gasteiger partial charge in [-0.2, -0.15) is 0 Å². The Labute approximate surface area is 55.6 Å². The van der Waals surface area contributed by atoms with Crippen LogP contribution in [0.5, 0.6) is 0 Å². The molecule has 0 aromatic heterocycles. The summed E-state index contributed by atoms with van der Waals surface area (Å²) < 4.78 is 0. The van der Waals surface area contributed by atoms with Gasteiger partial charge in [-0.15, -0.1) is 0 Å². The summed E-state index contributed by atoms with van der Waals surface area (Å²) in [5, 5.41) is 2.88. The molecular weight excluding hydrogens is 114 g/mol. The third kappa shape index (κ3) is 1.70. The number of carbonyl (C=O) groups is 1. The van der Waals surface area contributed by atoms with Gasteiger partial charge in [0.2, 0.25) is 5.91 Å². The average molecular weight is 127 g/mol. The van der Waals surface area contributed by atoms with Crippen LogP contribution < -0.4 is 5.32 Å². The minimum absolute atomic E-state index is 0.107. The Morgan fingerprint density at radius 3 is 2.78 bits per heavy atom. The minimum atomic E-state index is 0.107. The SMILES string of the molecule is CCC1CC1NC(C)=O. The van der Waals surface area contributed by atoms with Crippen molar-refractivity contribution in [1.82, 2.24) is 5.32 Å². The summed E-state index contributed by atoms with van der Waals surface area (Å²) in [5.74, 6) is 0.879. The van der Waals surface area contributed by atoms with Crippen LogP contribution in [0.1, 0.15) is 26.7 Å². The molecule has 9 heavy (non-hydrogen) atoms. The molecular formula is C7H13NO.